The number of carbonyl (C=O) groups is 3. The first-order valence-electron chi connectivity index (χ1n) is 11.6. The summed E-state index contributed by atoms with van der Waals surface area (Å²) < 4.78 is 10.5. The third-order valence-electron chi connectivity index (χ3n) is 6.11. The quantitative estimate of drug-likeness (QED) is 0.244. The van der Waals surface area contributed by atoms with Crippen LogP contribution < -0.4 is 4.74 Å². The van der Waals surface area contributed by atoms with Crippen molar-refractivity contribution in [2.75, 3.05) is 40.9 Å². The number of aromatic nitrogens is 1. The fraction of sp³-hybridized carbons (Fsp3) is 0.423. The molecule has 0 bridgehead atoms. The smallest absolute Gasteiger partial charge is 0.355 e. The van der Waals surface area contributed by atoms with E-state index in [1.807, 2.05) is 19.0 Å². The highest BCUT2D eigenvalue weighted by Crippen LogP contribution is 2.41. The molecule has 0 spiro atoms. The number of likely N-dealkylation sites (tertiary alicyclic amines) is 1. The molecule has 1 aliphatic heterocycles. The third kappa shape index (κ3) is 5.09. The number of esters is 1. The number of H-pyrrole nitrogens is 1. The summed E-state index contributed by atoms with van der Waals surface area (Å²) in [6.07, 6.45) is 0.649. The van der Waals surface area contributed by atoms with Gasteiger partial charge in [-0.1, -0.05) is 12.1 Å². The number of nitrogens with one attached hydrogen (secondary N) is 1. The molecule has 3 rings (SSSR count). The van der Waals surface area contributed by atoms with E-state index in [4.69, 9.17) is 9.47 Å². The largest absolute Gasteiger partial charge is 0.507 e. The van der Waals surface area contributed by atoms with Gasteiger partial charge in [-0.3, -0.25) is 9.59 Å². The van der Waals surface area contributed by atoms with E-state index in [9.17, 15) is 19.5 Å². The monoisotopic (exact) mass is 483 g/mol. The topological polar surface area (TPSA) is 112 Å². The van der Waals surface area contributed by atoms with Crippen molar-refractivity contribution in [3.05, 3.63) is 57.9 Å². The summed E-state index contributed by atoms with van der Waals surface area (Å²) in [5, 5.41) is 11.5. The van der Waals surface area contributed by atoms with E-state index < -0.39 is 23.7 Å². The average Bonchev–Trinajstić information content (AvgIpc) is 3.26. The molecule has 1 atom stereocenters. The van der Waals surface area contributed by atoms with Crippen molar-refractivity contribution < 1.29 is 29.0 Å². The Morgan fingerprint density at radius 3 is 2.57 bits per heavy atom. The van der Waals surface area contributed by atoms with E-state index >= 15 is 0 Å². The number of ketones is 1. The number of methoxy groups -OCH3 is 1. The molecule has 0 radical (unpaired) electrons. The van der Waals surface area contributed by atoms with Crippen molar-refractivity contribution in [3.8, 4) is 5.75 Å². The number of rotatable bonds is 9. The molecule has 9 heteroatoms. The lowest BCUT2D eigenvalue weighted by Gasteiger charge is -2.26. The van der Waals surface area contributed by atoms with Crippen LogP contribution in [-0.4, -0.2) is 78.5 Å². The van der Waals surface area contributed by atoms with Crippen LogP contribution in [0.25, 0.3) is 5.76 Å². The van der Waals surface area contributed by atoms with Crippen LogP contribution in [0, 0.1) is 13.8 Å². The minimum absolute atomic E-state index is 0.0197. The summed E-state index contributed by atoms with van der Waals surface area (Å²) in [4.78, 5) is 45.2. The van der Waals surface area contributed by atoms with Gasteiger partial charge in [-0.2, -0.15) is 0 Å². The lowest BCUT2D eigenvalue weighted by molar-refractivity contribution is -0.139. The van der Waals surface area contributed by atoms with Crippen LogP contribution in [0.2, 0.25) is 0 Å². The second kappa shape index (κ2) is 10.8. The number of nitrogens with zero attached hydrogens (tertiary/aromatic N) is 2. The summed E-state index contributed by atoms with van der Waals surface area (Å²) in [6, 6.07) is 6.30. The second-order valence-corrected chi connectivity index (χ2v) is 8.77. The van der Waals surface area contributed by atoms with E-state index in [0.717, 1.165) is 6.54 Å². The number of aromatic amines is 1. The Balaban J connectivity index is 2.18. The van der Waals surface area contributed by atoms with Crippen LogP contribution in [-0.2, 0) is 14.3 Å². The fourth-order valence-corrected chi connectivity index (χ4v) is 4.47. The third-order valence-corrected chi connectivity index (χ3v) is 6.11. The number of carbonyl (C=O) groups excluding carboxylic acids is 3. The van der Waals surface area contributed by atoms with E-state index in [0.29, 0.717) is 41.1 Å². The molecule has 188 valence electrons. The molecule has 1 saturated heterocycles. The number of hydrogen-bond donors (Lipinski definition) is 2. The average molecular weight is 484 g/mol. The molecule has 0 saturated carbocycles. The zero-order valence-electron chi connectivity index (χ0n) is 21.1. The molecule has 2 N–H and O–H groups in total. The predicted octanol–water partition coefficient (Wildman–Crippen LogP) is 3.19. The Bertz CT molecular complexity index is 1160. The number of Topliss-reactive ketones (excluding diaryl/α,β-unsaturated/α-hetero) is 1. The van der Waals surface area contributed by atoms with Crippen LogP contribution in [0.15, 0.2) is 29.8 Å². The zero-order valence-corrected chi connectivity index (χ0v) is 21.1. The van der Waals surface area contributed by atoms with Crippen molar-refractivity contribution in [1.29, 1.82) is 0 Å². The van der Waals surface area contributed by atoms with E-state index in [2.05, 4.69) is 4.98 Å². The van der Waals surface area contributed by atoms with Crippen LogP contribution in [0.3, 0.4) is 0 Å². The molecule has 9 nitrogen and oxygen atoms in total. The zero-order chi connectivity index (χ0) is 25.9. The van der Waals surface area contributed by atoms with Crippen molar-refractivity contribution in [2.24, 2.45) is 0 Å². The van der Waals surface area contributed by atoms with Gasteiger partial charge in [-0.05, 0) is 71.1 Å². The van der Waals surface area contributed by atoms with Crippen LogP contribution in [0.4, 0.5) is 0 Å². The molecule has 2 aromatic rings. The standard InChI is InChI=1S/C26H33N3O6/c1-7-35-26(33)21-15(2)19(16(3)27-21)23(30)20-22(17-10-8-11-18(14-17)34-6)29(25(32)24(20)31)13-9-12-28(4)5/h8,10-11,14,22,27,30H,7,9,12-13H2,1-6H3/t22-/m0/s1. The molecule has 0 unspecified atom stereocenters. The minimum Gasteiger partial charge on any atom is -0.507 e. The Morgan fingerprint density at radius 2 is 1.94 bits per heavy atom. The van der Waals surface area contributed by atoms with Gasteiger partial charge in [0.1, 0.15) is 17.2 Å². The van der Waals surface area contributed by atoms with Gasteiger partial charge in [0.15, 0.2) is 0 Å². The van der Waals surface area contributed by atoms with Gasteiger partial charge in [-0.25, -0.2) is 4.79 Å². The lowest BCUT2D eigenvalue weighted by Crippen LogP contribution is -2.32. The first-order chi connectivity index (χ1) is 16.6. The molecular weight excluding hydrogens is 450 g/mol. The van der Waals surface area contributed by atoms with Crippen molar-refractivity contribution in [1.82, 2.24) is 14.8 Å². The SMILES string of the molecule is CCOC(=O)c1[nH]c(C)c(C(O)=C2C(=O)C(=O)N(CCCN(C)C)[C@H]2c2cccc(OC)c2)c1C. The molecule has 2 heterocycles. The fourth-order valence-electron chi connectivity index (χ4n) is 4.47. The van der Waals surface area contributed by atoms with E-state index in [1.54, 1.807) is 45.0 Å². The van der Waals surface area contributed by atoms with Gasteiger partial charge in [0, 0.05) is 17.8 Å². The summed E-state index contributed by atoms with van der Waals surface area (Å²) in [7, 11) is 5.41. The highest BCUT2D eigenvalue weighted by Gasteiger charge is 2.46. The van der Waals surface area contributed by atoms with Gasteiger partial charge in [0.05, 0.1) is 25.3 Å². The van der Waals surface area contributed by atoms with Crippen molar-refractivity contribution in [2.45, 2.75) is 33.2 Å². The first kappa shape index (κ1) is 26.0. The summed E-state index contributed by atoms with van der Waals surface area (Å²) in [6.45, 7) is 6.33. The predicted molar refractivity (Wildman–Crippen MR) is 131 cm³/mol. The number of ether oxygens (including phenoxy) is 2. The van der Waals surface area contributed by atoms with Crippen LogP contribution >= 0.6 is 0 Å². The van der Waals surface area contributed by atoms with E-state index in [1.165, 1.54) is 12.0 Å². The lowest BCUT2D eigenvalue weighted by atomic mass is 9.94. The van der Waals surface area contributed by atoms with Crippen LogP contribution in [0.5, 0.6) is 5.75 Å². The van der Waals surface area contributed by atoms with E-state index in [-0.39, 0.29) is 23.6 Å². The molecule has 1 fully saturated rings. The maximum Gasteiger partial charge on any atom is 0.355 e. The van der Waals surface area contributed by atoms with Crippen molar-refractivity contribution >= 4 is 23.4 Å². The Labute approximate surface area is 205 Å². The molecular formula is C26H33N3O6. The van der Waals surface area contributed by atoms with Gasteiger partial charge in [0.25, 0.3) is 11.7 Å². The maximum absolute atomic E-state index is 13.3. The molecule has 1 aliphatic rings. The number of hydrogen-bond acceptors (Lipinski definition) is 7. The normalized spacial score (nSPS) is 17.3. The number of benzene rings is 1. The summed E-state index contributed by atoms with van der Waals surface area (Å²) in [5.74, 6) is -1.75. The first-order valence-corrected chi connectivity index (χ1v) is 11.6. The highest BCUT2D eigenvalue weighted by atomic mass is 16.5. The molecule has 1 aromatic carbocycles. The van der Waals surface area contributed by atoms with Gasteiger partial charge >= 0.3 is 5.97 Å². The second-order valence-electron chi connectivity index (χ2n) is 8.77. The Kier molecular flexibility index (Phi) is 8.01. The maximum atomic E-state index is 13.3. The number of aliphatic hydroxyl groups is 1. The molecule has 1 amide bonds. The highest BCUT2D eigenvalue weighted by molar-refractivity contribution is 6.46. The number of aliphatic hydroxyl groups excluding tert-OH is 1. The number of amides is 1. The number of aryl methyl sites for hydroxylation is 1. The van der Waals surface area contributed by atoms with Gasteiger partial charge in [-0.15, -0.1) is 0 Å². The van der Waals surface area contributed by atoms with Crippen LogP contribution in [0.1, 0.15) is 52.3 Å². The van der Waals surface area contributed by atoms with Gasteiger partial charge < -0.3 is 29.4 Å². The Hall–Kier alpha value is -3.59. The van der Waals surface area contributed by atoms with Gasteiger partial charge in [0.2, 0.25) is 0 Å². The van der Waals surface area contributed by atoms with Crippen molar-refractivity contribution in [3.63, 3.8) is 0 Å². The summed E-state index contributed by atoms with van der Waals surface area (Å²) >= 11 is 0. The molecule has 0 aliphatic carbocycles. The molecule has 1 aromatic heterocycles. The minimum atomic E-state index is -0.799. The Morgan fingerprint density at radius 1 is 1.23 bits per heavy atom. The molecule has 35 heavy (non-hydrogen) atoms. The summed E-state index contributed by atoms with van der Waals surface area (Å²) in [5.41, 5.74) is 2.07.